The minimum atomic E-state index is -0.0582. The highest BCUT2D eigenvalue weighted by atomic mass is 32.2. The van der Waals surface area contributed by atoms with E-state index in [1.165, 1.54) is 17.3 Å². The van der Waals surface area contributed by atoms with Crippen molar-refractivity contribution in [2.45, 2.75) is 33.1 Å². The summed E-state index contributed by atoms with van der Waals surface area (Å²) in [5.74, 6) is 0.347. The average Bonchev–Trinajstić information content (AvgIpc) is 3.36. The van der Waals surface area contributed by atoms with E-state index >= 15 is 0 Å². The number of aryl methyl sites for hydroxylation is 1. The molecule has 1 saturated heterocycles. The summed E-state index contributed by atoms with van der Waals surface area (Å²) in [4.78, 5) is 15.4. The Labute approximate surface area is 210 Å². The van der Waals surface area contributed by atoms with Crippen LogP contribution in [0.2, 0.25) is 0 Å². The highest BCUT2D eigenvalue weighted by molar-refractivity contribution is 8.26. The fourth-order valence-electron chi connectivity index (χ4n) is 3.87. The molecule has 0 saturated carbocycles. The monoisotopic (exact) mass is 491 g/mol. The molecule has 2 aromatic carbocycles. The molecular formula is C27H29N3O2S2. The van der Waals surface area contributed by atoms with Crippen LogP contribution in [0.3, 0.4) is 0 Å². The molecule has 1 aliphatic rings. The highest BCUT2D eigenvalue weighted by Gasteiger charge is 2.32. The first kappa shape index (κ1) is 24.4. The standard InChI is InChI=1S/C27H29N3O2S2/c1-18(2)20-12-11-19(3)23(15-20)25-21(17-30(28-25)22-9-6-5-7-10-22)16-24-26(31)29(27(33)34-24)13-8-14-32-4/h5-7,9-12,15-18H,8,13-14H2,1-4H3/b24-16-. The van der Waals surface area contributed by atoms with E-state index in [9.17, 15) is 4.79 Å². The van der Waals surface area contributed by atoms with Crippen molar-refractivity contribution in [3.8, 4) is 16.9 Å². The number of thioether (sulfide) groups is 1. The molecule has 0 unspecified atom stereocenters. The van der Waals surface area contributed by atoms with E-state index in [2.05, 4.69) is 39.0 Å². The minimum absolute atomic E-state index is 0.0582. The zero-order chi connectivity index (χ0) is 24.2. The first-order valence-electron chi connectivity index (χ1n) is 11.4. The maximum absolute atomic E-state index is 13.1. The largest absolute Gasteiger partial charge is 0.385 e. The number of hydrogen-bond donors (Lipinski definition) is 0. The topological polar surface area (TPSA) is 47.4 Å². The summed E-state index contributed by atoms with van der Waals surface area (Å²) in [6, 6.07) is 16.5. The molecule has 3 aromatic rings. The van der Waals surface area contributed by atoms with Crippen molar-refractivity contribution < 1.29 is 9.53 Å². The van der Waals surface area contributed by atoms with E-state index in [0.29, 0.717) is 28.3 Å². The van der Waals surface area contributed by atoms with Gasteiger partial charge in [0.1, 0.15) is 10.0 Å². The Morgan fingerprint density at radius 1 is 1.18 bits per heavy atom. The van der Waals surface area contributed by atoms with Gasteiger partial charge < -0.3 is 4.74 Å². The lowest BCUT2D eigenvalue weighted by atomic mass is 9.95. The van der Waals surface area contributed by atoms with Crippen LogP contribution in [0.4, 0.5) is 0 Å². The lowest BCUT2D eigenvalue weighted by molar-refractivity contribution is -0.122. The summed E-state index contributed by atoms with van der Waals surface area (Å²) in [7, 11) is 1.66. The maximum Gasteiger partial charge on any atom is 0.266 e. The molecule has 34 heavy (non-hydrogen) atoms. The molecule has 1 fully saturated rings. The van der Waals surface area contributed by atoms with Crippen LogP contribution in [0.25, 0.3) is 23.0 Å². The number of methoxy groups -OCH3 is 1. The first-order valence-corrected chi connectivity index (χ1v) is 12.6. The summed E-state index contributed by atoms with van der Waals surface area (Å²) in [5, 5.41) is 4.97. The van der Waals surface area contributed by atoms with Gasteiger partial charge in [-0.1, -0.05) is 68.2 Å². The Balaban J connectivity index is 1.78. The number of rotatable bonds is 8. The minimum Gasteiger partial charge on any atom is -0.385 e. The third kappa shape index (κ3) is 5.17. The van der Waals surface area contributed by atoms with Crippen molar-refractivity contribution in [3.63, 3.8) is 0 Å². The van der Waals surface area contributed by atoms with Crippen LogP contribution in [-0.4, -0.2) is 45.2 Å². The fraction of sp³-hybridized carbons (Fsp3) is 0.296. The average molecular weight is 492 g/mol. The van der Waals surface area contributed by atoms with Crippen LogP contribution < -0.4 is 0 Å². The van der Waals surface area contributed by atoms with Gasteiger partial charge in [-0.15, -0.1) is 0 Å². The van der Waals surface area contributed by atoms with E-state index in [4.69, 9.17) is 22.1 Å². The second-order valence-electron chi connectivity index (χ2n) is 8.62. The molecule has 2 heterocycles. The molecule has 1 aromatic heterocycles. The van der Waals surface area contributed by atoms with Crippen LogP contribution in [-0.2, 0) is 9.53 Å². The van der Waals surface area contributed by atoms with Gasteiger partial charge >= 0.3 is 0 Å². The normalized spacial score (nSPS) is 15.2. The lowest BCUT2D eigenvalue weighted by Crippen LogP contribution is -2.29. The number of carbonyl (C=O) groups excluding carboxylic acids is 1. The number of nitrogens with zero attached hydrogens (tertiary/aromatic N) is 3. The molecule has 176 valence electrons. The quantitative estimate of drug-likeness (QED) is 0.213. The van der Waals surface area contributed by atoms with Gasteiger partial charge in [-0.05, 0) is 54.7 Å². The summed E-state index contributed by atoms with van der Waals surface area (Å²) in [6.45, 7) is 7.62. The molecule has 0 aliphatic carbocycles. The maximum atomic E-state index is 13.1. The van der Waals surface area contributed by atoms with Gasteiger partial charge in [-0.2, -0.15) is 5.10 Å². The van der Waals surface area contributed by atoms with E-state index < -0.39 is 0 Å². The van der Waals surface area contributed by atoms with Crippen LogP contribution in [0.5, 0.6) is 0 Å². The van der Waals surface area contributed by atoms with E-state index in [1.807, 2.05) is 47.3 Å². The summed E-state index contributed by atoms with van der Waals surface area (Å²) < 4.78 is 7.59. The number of amides is 1. The van der Waals surface area contributed by atoms with Crippen LogP contribution in [0.1, 0.15) is 42.9 Å². The van der Waals surface area contributed by atoms with Gasteiger partial charge in [-0.3, -0.25) is 9.69 Å². The van der Waals surface area contributed by atoms with Crippen molar-refractivity contribution in [1.82, 2.24) is 14.7 Å². The summed E-state index contributed by atoms with van der Waals surface area (Å²) >= 11 is 6.85. The zero-order valence-electron chi connectivity index (χ0n) is 19.9. The number of ether oxygens (including phenoxy) is 1. The molecule has 0 N–H and O–H groups in total. The Bertz CT molecular complexity index is 1230. The molecule has 0 spiro atoms. The SMILES string of the molecule is COCCCN1C(=O)/C(=C/c2cn(-c3ccccc3)nc2-c2cc(C(C)C)ccc2C)SC1=S. The van der Waals surface area contributed by atoms with Crippen molar-refractivity contribution >= 4 is 40.3 Å². The van der Waals surface area contributed by atoms with E-state index in [-0.39, 0.29) is 5.91 Å². The highest BCUT2D eigenvalue weighted by Crippen LogP contribution is 2.36. The smallest absolute Gasteiger partial charge is 0.266 e. The molecule has 0 atom stereocenters. The van der Waals surface area contributed by atoms with Gasteiger partial charge in [0.05, 0.1) is 10.6 Å². The van der Waals surface area contributed by atoms with Crippen molar-refractivity contribution in [1.29, 1.82) is 0 Å². The Kier molecular flexibility index (Phi) is 7.66. The number of hydrogen-bond acceptors (Lipinski definition) is 5. The number of benzene rings is 2. The van der Waals surface area contributed by atoms with Crippen molar-refractivity contribution in [2.75, 3.05) is 20.3 Å². The molecule has 1 amide bonds. The van der Waals surface area contributed by atoms with Crippen molar-refractivity contribution in [2.24, 2.45) is 0 Å². The van der Waals surface area contributed by atoms with Crippen LogP contribution >= 0.6 is 24.0 Å². The molecule has 0 radical (unpaired) electrons. The second kappa shape index (κ2) is 10.7. The Morgan fingerprint density at radius 2 is 1.94 bits per heavy atom. The summed E-state index contributed by atoms with van der Waals surface area (Å²) in [6.07, 6.45) is 4.66. The number of aromatic nitrogens is 2. The summed E-state index contributed by atoms with van der Waals surface area (Å²) in [5.41, 5.74) is 6.18. The van der Waals surface area contributed by atoms with Gasteiger partial charge in [0.15, 0.2) is 0 Å². The third-order valence-electron chi connectivity index (χ3n) is 5.84. The second-order valence-corrected chi connectivity index (χ2v) is 10.3. The van der Waals surface area contributed by atoms with Crippen LogP contribution in [0.15, 0.2) is 59.6 Å². The first-order chi connectivity index (χ1) is 16.4. The van der Waals surface area contributed by atoms with Gasteiger partial charge in [0, 0.05) is 37.6 Å². The van der Waals surface area contributed by atoms with Gasteiger partial charge in [0.25, 0.3) is 5.91 Å². The molecular weight excluding hydrogens is 462 g/mol. The zero-order valence-corrected chi connectivity index (χ0v) is 21.6. The molecule has 4 rings (SSSR count). The predicted octanol–water partition coefficient (Wildman–Crippen LogP) is 6.21. The Morgan fingerprint density at radius 3 is 2.65 bits per heavy atom. The van der Waals surface area contributed by atoms with Gasteiger partial charge in [-0.25, -0.2) is 4.68 Å². The van der Waals surface area contributed by atoms with Crippen LogP contribution in [0, 0.1) is 6.92 Å². The number of para-hydroxylation sites is 1. The van der Waals surface area contributed by atoms with Crippen molar-refractivity contribution in [3.05, 3.63) is 76.3 Å². The Hall–Kier alpha value is -2.74. The fourth-order valence-corrected chi connectivity index (χ4v) is 5.17. The number of carbonyl (C=O) groups is 1. The molecule has 5 nitrogen and oxygen atoms in total. The predicted molar refractivity (Wildman–Crippen MR) is 144 cm³/mol. The third-order valence-corrected chi connectivity index (χ3v) is 7.21. The lowest BCUT2D eigenvalue weighted by Gasteiger charge is -2.13. The van der Waals surface area contributed by atoms with E-state index in [1.54, 1.807) is 12.0 Å². The van der Waals surface area contributed by atoms with E-state index in [0.717, 1.165) is 34.5 Å². The molecule has 7 heteroatoms. The molecule has 0 bridgehead atoms. The van der Waals surface area contributed by atoms with Gasteiger partial charge in [0.2, 0.25) is 0 Å². The number of thiocarbonyl (C=S) groups is 1. The molecule has 1 aliphatic heterocycles.